The van der Waals surface area contributed by atoms with E-state index in [1.54, 1.807) is 12.1 Å². The molecule has 2 N–H and O–H groups in total. The second-order valence-electron chi connectivity index (χ2n) is 11.5. The Hall–Kier alpha value is -3.65. The first-order chi connectivity index (χ1) is 20.7. The van der Waals surface area contributed by atoms with Crippen LogP contribution in [0.4, 0.5) is 5.69 Å². The van der Waals surface area contributed by atoms with Crippen LogP contribution in [0.1, 0.15) is 58.9 Å². The standard InChI is InChI=1S/C36H42N2O4S/c1-4-28-18-31-20-33(21-32(31)19-29(28)5-2)38(23-26-12-8-6-9-13-26)24-35(39)30-16-17-36(34(22-30)37-43(3,40)41)42-25-27-14-10-7-11-15-27/h6-19,22,33,35,37,39H,4-5,20-21,23-25H2,1-3H3. The molecule has 43 heavy (non-hydrogen) atoms. The SMILES string of the molecule is CCc1cc2c(cc1CC)CC(N(Cc1ccccc1)CC(O)c1ccc(OCc3ccccc3)c(NS(C)(=O)=O)c1)C2. The molecular formula is C36H42N2O4S. The molecule has 0 aliphatic heterocycles. The molecule has 0 amide bonds. The third-order valence-electron chi connectivity index (χ3n) is 8.27. The Bertz CT molecular complexity index is 1590. The van der Waals surface area contributed by atoms with Crippen LogP contribution in [-0.2, 0) is 48.9 Å². The fourth-order valence-electron chi connectivity index (χ4n) is 6.05. The summed E-state index contributed by atoms with van der Waals surface area (Å²) in [4.78, 5) is 2.38. The van der Waals surface area contributed by atoms with Crippen LogP contribution >= 0.6 is 0 Å². The van der Waals surface area contributed by atoms with Crippen molar-refractivity contribution in [2.24, 2.45) is 0 Å². The summed E-state index contributed by atoms with van der Waals surface area (Å²) in [7, 11) is -3.57. The number of sulfonamides is 1. The van der Waals surface area contributed by atoms with Crippen LogP contribution in [-0.4, -0.2) is 37.3 Å². The quantitative estimate of drug-likeness (QED) is 0.185. The second kappa shape index (κ2) is 13.8. The Morgan fingerprint density at radius 1 is 0.860 bits per heavy atom. The Balaban J connectivity index is 1.39. The summed E-state index contributed by atoms with van der Waals surface area (Å²) in [6.45, 7) is 5.86. The maximum atomic E-state index is 12.2. The number of fused-ring (bicyclic) bond motifs is 1. The van der Waals surface area contributed by atoms with Gasteiger partial charge in [-0.25, -0.2) is 8.42 Å². The molecule has 1 atom stereocenters. The predicted octanol–water partition coefficient (Wildman–Crippen LogP) is 6.46. The highest BCUT2D eigenvalue weighted by atomic mass is 32.2. The molecule has 0 saturated carbocycles. The van der Waals surface area contributed by atoms with Crippen molar-refractivity contribution < 1.29 is 18.3 Å². The Morgan fingerprint density at radius 3 is 2.00 bits per heavy atom. The molecule has 0 aromatic heterocycles. The first-order valence-electron chi connectivity index (χ1n) is 15.1. The highest BCUT2D eigenvalue weighted by molar-refractivity contribution is 7.92. The Morgan fingerprint density at radius 2 is 1.44 bits per heavy atom. The van der Waals surface area contributed by atoms with Gasteiger partial charge in [0.25, 0.3) is 0 Å². The largest absolute Gasteiger partial charge is 0.487 e. The minimum absolute atomic E-state index is 0.253. The highest BCUT2D eigenvalue weighted by Gasteiger charge is 2.30. The van der Waals surface area contributed by atoms with E-state index in [-0.39, 0.29) is 6.04 Å². The van der Waals surface area contributed by atoms with Crippen LogP contribution in [0, 0.1) is 0 Å². The summed E-state index contributed by atoms with van der Waals surface area (Å²) < 4.78 is 33.0. The number of hydrogen-bond acceptors (Lipinski definition) is 5. The first-order valence-corrected chi connectivity index (χ1v) is 17.0. The maximum Gasteiger partial charge on any atom is 0.229 e. The number of rotatable bonds is 13. The number of aryl methyl sites for hydroxylation is 2. The molecule has 0 heterocycles. The number of aliphatic hydroxyl groups excluding tert-OH is 1. The molecule has 7 heteroatoms. The number of ether oxygens (including phenoxy) is 1. The van der Waals surface area contributed by atoms with Gasteiger partial charge in [-0.2, -0.15) is 0 Å². The van der Waals surface area contributed by atoms with Crippen LogP contribution in [0.5, 0.6) is 5.75 Å². The first kappa shape index (κ1) is 30.8. The topological polar surface area (TPSA) is 78.9 Å². The molecule has 4 aromatic carbocycles. The lowest BCUT2D eigenvalue weighted by Gasteiger charge is -2.31. The van der Waals surface area contributed by atoms with Crippen molar-refractivity contribution in [1.82, 2.24) is 4.90 Å². The van der Waals surface area contributed by atoms with Gasteiger partial charge in [0.1, 0.15) is 12.4 Å². The second-order valence-corrected chi connectivity index (χ2v) is 13.2. The van der Waals surface area contributed by atoms with Gasteiger partial charge in [-0.05, 0) is 76.8 Å². The van der Waals surface area contributed by atoms with E-state index in [1.165, 1.54) is 27.8 Å². The zero-order chi connectivity index (χ0) is 30.4. The Kier molecular flexibility index (Phi) is 9.86. The van der Waals surface area contributed by atoms with Crippen LogP contribution in [0.2, 0.25) is 0 Å². The van der Waals surface area contributed by atoms with Crippen molar-refractivity contribution in [1.29, 1.82) is 0 Å². The minimum Gasteiger partial charge on any atom is -0.487 e. The lowest BCUT2D eigenvalue weighted by atomic mass is 9.97. The van der Waals surface area contributed by atoms with Crippen LogP contribution in [0.15, 0.2) is 91.0 Å². The average molecular weight is 599 g/mol. The normalized spacial score (nSPS) is 14.1. The van der Waals surface area contributed by atoms with Crippen LogP contribution in [0.25, 0.3) is 0 Å². The average Bonchev–Trinajstić information content (AvgIpc) is 3.42. The van der Waals surface area contributed by atoms with Crippen LogP contribution in [0.3, 0.4) is 0 Å². The van der Waals surface area contributed by atoms with E-state index in [2.05, 4.69) is 47.7 Å². The monoisotopic (exact) mass is 598 g/mol. The van der Waals surface area contributed by atoms with E-state index < -0.39 is 16.1 Å². The lowest BCUT2D eigenvalue weighted by Crippen LogP contribution is -2.38. The minimum atomic E-state index is -3.57. The van der Waals surface area contributed by atoms with E-state index in [9.17, 15) is 13.5 Å². The summed E-state index contributed by atoms with van der Waals surface area (Å²) in [6, 6.07) is 30.4. The molecule has 1 aliphatic rings. The molecule has 5 rings (SSSR count). The van der Waals surface area contributed by atoms with Crippen molar-refractivity contribution in [2.75, 3.05) is 17.5 Å². The molecule has 0 saturated heterocycles. The van der Waals surface area contributed by atoms with Crippen LogP contribution < -0.4 is 9.46 Å². The van der Waals surface area contributed by atoms with E-state index in [1.807, 2.05) is 54.6 Å². The van der Waals surface area contributed by atoms with E-state index in [0.717, 1.165) is 37.5 Å². The van der Waals surface area contributed by atoms with E-state index >= 15 is 0 Å². The zero-order valence-electron chi connectivity index (χ0n) is 25.3. The zero-order valence-corrected chi connectivity index (χ0v) is 26.1. The third kappa shape index (κ3) is 8.05. The molecular weight excluding hydrogens is 556 g/mol. The van der Waals surface area contributed by atoms with Gasteiger partial charge in [-0.3, -0.25) is 9.62 Å². The molecule has 0 fully saturated rings. The fourth-order valence-corrected chi connectivity index (χ4v) is 6.61. The molecule has 4 aromatic rings. The lowest BCUT2D eigenvalue weighted by molar-refractivity contribution is 0.0835. The maximum absolute atomic E-state index is 12.2. The summed E-state index contributed by atoms with van der Waals surface area (Å²) in [5.74, 6) is 0.413. The molecule has 0 bridgehead atoms. The number of nitrogens with one attached hydrogen (secondary N) is 1. The molecule has 0 spiro atoms. The number of anilines is 1. The van der Waals surface area contributed by atoms with Gasteiger partial charge in [0, 0.05) is 19.1 Å². The number of nitrogens with zero attached hydrogens (tertiary/aromatic N) is 1. The van der Waals surface area contributed by atoms with Gasteiger partial charge in [0.05, 0.1) is 18.0 Å². The highest BCUT2D eigenvalue weighted by Crippen LogP contribution is 2.33. The summed E-state index contributed by atoms with van der Waals surface area (Å²) in [5, 5.41) is 11.6. The van der Waals surface area contributed by atoms with Gasteiger partial charge in [-0.15, -0.1) is 0 Å². The third-order valence-corrected chi connectivity index (χ3v) is 8.86. The van der Waals surface area contributed by atoms with Gasteiger partial charge < -0.3 is 9.84 Å². The molecule has 226 valence electrons. The Labute approximate surface area is 256 Å². The summed E-state index contributed by atoms with van der Waals surface area (Å²) >= 11 is 0. The smallest absolute Gasteiger partial charge is 0.229 e. The molecule has 6 nitrogen and oxygen atoms in total. The summed E-state index contributed by atoms with van der Waals surface area (Å²) in [6.07, 6.45) is 4.24. The van der Waals surface area contributed by atoms with Gasteiger partial charge in [0.15, 0.2) is 0 Å². The van der Waals surface area contributed by atoms with Gasteiger partial charge in [-0.1, -0.05) is 92.7 Å². The molecule has 1 aliphatic carbocycles. The number of aliphatic hydroxyl groups is 1. The van der Waals surface area contributed by atoms with Crippen molar-refractivity contribution in [3.8, 4) is 5.75 Å². The van der Waals surface area contributed by atoms with Crippen molar-refractivity contribution >= 4 is 15.7 Å². The van der Waals surface area contributed by atoms with E-state index in [4.69, 9.17) is 4.74 Å². The summed E-state index contributed by atoms with van der Waals surface area (Å²) in [5.41, 5.74) is 8.79. The van der Waals surface area contributed by atoms with Gasteiger partial charge in [0.2, 0.25) is 10.0 Å². The number of hydrogen-bond donors (Lipinski definition) is 2. The van der Waals surface area contributed by atoms with Crippen molar-refractivity contribution in [3.63, 3.8) is 0 Å². The van der Waals surface area contributed by atoms with Gasteiger partial charge >= 0.3 is 0 Å². The van der Waals surface area contributed by atoms with E-state index in [0.29, 0.717) is 36.7 Å². The molecule has 0 radical (unpaired) electrons. The molecule has 1 unspecified atom stereocenters. The number of benzene rings is 4. The fraction of sp³-hybridized carbons (Fsp3) is 0.333. The predicted molar refractivity (Wildman–Crippen MR) is 174 cm³/mol. The van der Waals surface area contributed by atoms with Crippen molar-refractivity contribution in [2.45, 2.75) is 64.8 Å². The van der Waals surface area contributed by atoms with Crippen molar-refractivity contribution in [3.05, 3.63) is 130 Å².